The van der Waals surface area contributed by atoms with Gasteiger partial charge in [0.1, 0.15) is 5.76 Å². The van der Waals surface area contributed by atoms with Crippen LogP contribution < -0.4 is 10.6 Å². The van der Waals surface area contributed by atoms with Gasteiger partial charge >= 0.3 is 6.03 Å². The van der Waals surface area contributed by atoms with Crippen LogP contribution >= 0.6 is 0 Å². The first kappa shape index (κ1) is 15.1. The predicted molar refractivity (Wildman–Crippen MR) is 80.1 cm³/mol. The van der Waals surface area contributed by atoms with Gasteiger partial charge in [0.05, 0.1) is 23.7 Å². The lowest BCUT2D eigenvalue weighted by atomic mass is 10.2. The van der Waals surface area contributed by atoms with Crippen molar-refractivity contribution in [3.8, 4) is 0 Å². The number of furan rings is 1. The molecule has 114 valence electrons. The zero-order chi connectivity index (χ0) is 15.4. The van der Waals surface area contributed by atoms with Crippen molar-refractivity contribution in [1.82, 2.24) is 20.0 Å². The fourth-order valence-corrected chi connectivity index (χ4v) is 2.10. The average Bonchev–Trinajstić information content (AvgIpc) is 3.00. The van der Waals surface area contributed by atoms with Crippen LogP contribution in [0.1, 0.15) is 17.5 Å². The number of nitrogens with one attached hydrogen (secondary N) is 2. The van der Waals surface area contributed by atoms with Crippen LogP contribution in [0.4, 0.5) is 10.5 Å². The highest BCUT2D eigenvalue weighted by Gasteiger charge is 2.18. The van der Waals surface area contributed by atoms with Crippen molar-refractivity contribution in [2.75, 3.05) is 26.0 Å². The van der Waals surface area contributed by atoms with Gasteiger partial charge in [0.2, 0.25) is 0 Å². The van der Waals surface area contributed by atoms with E-state index in [1.807, 2.05) is 45.1 Å². The third-order valence-corrected chi connectivity index (χ3v) is 3.21. The van der Waals surface area contributed by atoms with E-state index in [0.29, 0.717) is 12.2 Å². The molecule has 2 rings (SSSR count). The predicted octanol–water partition coefficient (Wildman–Crippen LogP) is 1.75. The van der Waals surface area contributed by atoms with Gasteiger partial charge in [-0.3, -0.25) is 9.58 Å². The Balaban J connectivity index is 1.92. The summed E-state index contributed by atoms with van der Waals surface area (Å²) in [4.78, 5) is 14.0. The van der Waals surface area contributed by atoms with Gasteiger partial charge in [0.15, 0.2) is 0 Å². The number of carbonyl (C=O) groups excluding carboxylic acids is 1. The number of nitrogens with zero attached hydrogens (tertiary/aromatic N) is 3. The number of hydrogen-bond donors (Lipinski definition) is 2. The Hall–Kier alpha value is -2.28. The molecule has 2 aromatic heterocycles. The minimum Gasteiger partial charge on any atom is -0.468 e. The molecule has 2 amide bonds. The second-order valence-corrected chi connectivity index (χ2v) is 5.13. The molecule has 0 aliphatic heterocycles. The summed E-state index contributed by atoms with van der Waals surface area (Å²) in [5.41, 5.74) is 1.48. The van der Waals surface area contributed by atoms with Crippen LogP contribution in [0.5, 0.6) is 0 Å². The van der Waals surface area contributed by atoms with Gasteiger partial charge in [-0.2, -0.15) is 5.10 Å². The fourth-order valence-electron chi connectivity index (χ4n) is 2.10. The summed E-state index contributed by atoms with van der Waals surface area (Å²) >= 11 is 0. The van der Waals surface area contributed by atoms with Crippen LogP contribution in [0.15, 0.2) is 29.0 Å². The molecule has 0 saturated carbocycles. The number of urea groups is 1. The summed E-state index contributed by atoms with van der Waals surface area (Å²) in [5, 5.41) is 9.82. The number of rotatable bonds is 5. The lowest BCUT2D eigenvalue weighted by Crippen LogP contribution is -2.36. The van der Waals surface area contributed by atoms with Crippen LogP contribution in [-0.4, -0.2) is 41.4 Å². The highest BCUT2D eigenvalue weighted by Crippen LogP contribution is 2.17. The zero-order valence-corrected chi connectivity index (χ0v) is 12.8. The molecule has 0 aliphatic carbocycles. The van der Waals surface area contributed by atoms with Gasteiger partial charge in [-0.15, -0.1) is 0 Å². The zero-order valence-electron chi connectivity index (χ0n) is 12.8. The first-order valence-corrected chi connectivity index (χ1v) is 6.72. The quantitative estimate of drug-likeness (QED) is 0.880. The van der Waals surface area contributed by atoms with Gasteiger partial charge in [-0.05, 0) is 33.2 Å². The number of likely N-dealkylation sites (N-methyl/N-ethyl adjacent to an activating group) is 1. The normalized spacial score (nSPS) is 12.4. The molecule has 2 heterocycles. The molecule has 0 bridgehead atoms. The second-order valence-electron chi connectivity index (χ2n) is 5.13. The van der Waals surface area contributed by atoms with E-state index in [9.17, 15) is 4.79 Å². The number of aryl methyl sites for hydroxylation is 2. The standard InChI is InChI=1S/C14H21N5O2/c1-10-11(9-19(4)17-10)16-14(20)15-8-12(18(2)3)13-6-5-7-21-13/h5-7,9,12H,8H2,1-4H3,(H2,15,16,20)/t12-/m1/s1. The highest BCUT2D eigenvalue weighted by atomic mass is 16.3. The lowest BCUT2D eigenvalue weighted by molar-refractivity contribution is 0.233. The topological polar surface area (TPSA) is 75.3 Å². The maximum absolute atomic E-state index is 12.0. The summed E-state index contributed by atoms with van der Waals surface area (Å²) < 4.78 is 7.07. The Morgan fingerprint density at radius 2 is 2.29 bits per heavy atom. The minimum absolute atomic E-state index is 0.0132. The summed E-state index contributed by atoms with van der Waals surface area (Å²) in [6, 6.07) is 3.46. The number of aromatic nitrogens is 2. The maximum Gasteiger partial charge on any atom is 0.319 e. The van der Waals surface area contributed by atoms with E-state index in [0.717, 1.165) is 11.5 Å². The Bertz CT molecular complexity index is 589. The molecule has 0 aliphatic rings. The van der Waals surface area contributed by atoms with Gasteiger partial charge in [0, 0.05) is 19.8 Å². The molecule has 0 unspecified atom stereocenters. The van der Waals surface area contributed by atoms with E-state index >= 15 is 0 Å². The van der Waals surface area contributed by atoms with E-state index in [4.69, 9.17) is 4.42 Å². The van der Waals surface area contributed by atoms with Crippen LogP contribution in [-0.2, 0) is 7.05 Å². The minimum atomic E-state index is -0.260. The maximum atomic E-state index is 12.0. The summed E-state index contributed by atoms with van der Waals surface area (Å²) in [6.45, 7) is 2.30. The molecule has 0 saturated heterocycles. The third kappa shape index (κ3) is 3.85. The Labute approximate surface area is 123 Å². The van der Waals surface area contributed by atoms with Gasteiger partial charge < -0.3 is 15.1 Å². The Morgan fingerprint density at radius 3 is 2.81 bits per heavy atom. The summed E-state index contributed by atoms with van der Waals surface area (Å²) in [6.07, 6.45) is 3.40. The number of hydrogen-bond acceptors (Lipinski definition) is 4. The molecule has 2 N–H and O–H groups in total. The molecule has 21 heavy (non-hydrogen) atoms. The molecule has 7 heteroatoms. The van der Waals surface area contributed by atoms with Crippen LogP contribution in [0.3, 0.4) is 0 Å². The molecule has 2 aromatic rings. The summed E-state index contributed by atoms with van der Waals surface area (Å²) in [7, 11) is 5.70. The molecular formula is C14H21N5O2. The van der Waals surface area contributed by atoms with Crippen molar-refractivity contribution in [1.29, 1.82) is 0 Å². The van der Waals surface area contributed by atoms with Crippen LogP contribution in [0, 0.1) is 6.92 Å². The van der Waals surface area contributed by atoms with Crippen molar-refractivity contribution in [3.05, 3.63) is 36.0 Å². The Morgan fingerprint density at radius 1 is 1.52 bits per heavy atom. The van der Waals surface area contributed by atoms with Gasteiger partial charge in [-0.25, -0.2) is 4.79 Å². The van der Waals surface area contributed by atoms with Crippen molar-refractivity contribution >= 4 is 11.7 Å². The molecule has 0 aromatic carbocycles. The molecule has 0 fully saturated rings. The van der Waals surface area contributed by atoms with E-state index in [1.54, 1.807) is 17.1 Å². The van der Waals surface area contributed by atoms with Crippen molar-refractivity contribution in [2.45, 2.75) is 13.0 Å². The van der Waals surface area contributed by atoms with Crippen molar-refractivity contribution < 1.29 is 9.21 Å². The number of carbonyl (C=O) groups is 1. The average molecular weight is 291 g/mol. The number of amides is 2. The van der Waals surface area contributed by atoms with E-state index in [2.05, 4.69) is 15.7 Å². The van der Waals surface area contributed by atoms with E-state index < -0.39 is 0 Å². The lowest BCUT2D eigenvalue weighted by Gasteiger charge is -2.22. The SMILES string of the molecule is Cc1nn(C)cc1NC(=O)NC[C@H](c1ccco1)N(C)C. The number of anilines is 1. The van der Waals surface area contributed by atoms with Crippen LogP contribution in [0.2, 0.25) is 0 Å². The van der Waals surface area contributed by atoms with Crippen molar-refractivity contribution in [2.24, 2.45) is 7.05 Å². The molecule has 1 atom stereocenters. The Kier molecular flexibility index (Phi) is 4.64. The van der Waals surface area contributed by atoms with Gasteiger partial charge in [-0.1, -0.05) is 0 Å². The first-order valence-electron chi connectivity index (χ1n) is 6.72. The first-order chi connectivity index (χ1) is 9.97. The van der Waals surface area contributed by atoms with Gasteiger partial charge in [0.25, 0.3) is 0 Å². The third-order valence-electron chi connectivity index (χ3n) is 3.21. The monoisotopic (exact) mass is 291 g/mol. The molecule has 0 spiro atoms. The van der Waals surface area contributed by atoms with E-state index in [-0.39, 0.29) is 12.1 Å². The summed E-state index contributed by atoms with van der Waals surface area (Å²) in [5.74, 6) is 0.817. The molecule has 0 radical (unpaired) electrons. The smallest absolute Gasteiger partial charge is 0.319 e. The molecule has 7 nitrogen and oxygen atoms in total. The largest absolute Gasteiger partial charge is 0.468 e. The highest BCUT2D eigenvalue weighted by molar-refractivity contribution is 5.89. The van der Waals surface area contributed by atoms with Crippen LogP contribution in [0.25, 0.3) is 0 Å². The molecular weight excluding hydrogens is 270 g/mol. The fraction of sp³-hybridized carbons (Fsp3) is 0.429. The van der Waals surface area contributed by atoms with Crippen molar-refractivity contribution in [3.63, 3.8) is 0 Å². The van der Waals surface area contributed by atoms with E-state index in [1.165, 1.54) is 0 Å². The second kappa shape index (κ2) is 6.45.